The summed E-state index contributed by atoms with van der Waals surface area (Å²) in [4.78, 5) is 12.8. The molecule has 1 aliphatic heterocycles. The molecule has 2 aromatic rings. The van der Waals surface area contributed by atoms with Crippen molar-refractivity contribution in [3.63, 3.8) is 0 Å². The van der Waals surface area contributed by atoms with Crippen LogP contribution in [0.15, 0.2) is 29.6 Å². The van der Waals surface area contributed by atoms with Crippen LogP contribution in [-0.2, 0) is 19.6 Å². The Morgan fingerprint density at radius 1 is 1.32 bits per heavy atom. The van der Waals surface area contributed by atoms with E-state index in [2.05, 4.69) is 28.8 Å². The van der Waals surface area contributed by atoms with Gasteiger partial charge in [0.05, 0.1) is 4.88 Å². The minimum Gasteiger partial charge on any atom is -0.347 e. The molecule has 0 aliphatic carbocycles. The van der Waals surface area contributed by atoms with Crippen molar-refractivity contribution < 1.29 is 4.79 Å². The fraction of sp³-hybridized carbons (Fsp3) is 0.267. The Kier molecular flexibility index (Phi) is 3.36. The fourth-order valence-electron chi connectivity index (χ4n) is 2.33. The summed E-state index contributed by atoms with van der Waals surface area (Å²) in [5, 5.41) is 8.26. The number of amides is 1. The highest BCUT2D eigenvalue weighted by Gasteiger charge is 2.12. The van der Waals surface area contributed by atoms with E-state index < -0.39 is 0 Å². The van der Waals surface area contributed by atoms with Gasteiger partial charge in [0.1, 0.15) is 0 Å². The van der Waals surface area contributed by atoms with E-state index in [-0.39, 0.29) is 5.91 Å². The highest BCUT2D eigenvalue weighted by atomic mass is 32.1. The summed E-state index contributed by atoms with van der Waals surface area (Å²) in [5.74, 6) is 0.0196. The van der Waals surface area contributed by atoms with E-state index in [1.807, 2.05) is 18.4 Å². The third-order valence-corrected chi connectivity index (χ3v) is 4.44. The first-order valence-electron chi connectivity index (χ1n) is 6.38. The number of aryl methyl sites for hydroxylation is 1. The number of hydrogen-bond donors (Lipinski definition) is 2. The zero-order valence-electron chi connectivity index (χ0n) is 10.8. The van der Waals surface area contributed by atoms with Gasteiger partial charge in [-0.2, -0.15) is 0 Å². The summed E-state index contributed by atoms with van der Waals surface area (Å²) in [7, 11) is 0. The summed E-state index contributed by atoms with van der Waals surface area (Å²) in [6, 6.07) is 8.39. The molecule has 0 unspecified atom stereocenters. The minimum atomic E-state index is 0.0196. The number of hydrogen-bond acceptors (Lipinski definition) is 3. The van der Waals surface area contributed by atoms with Crippen LogP contribution in [0.1, 0.15) is 31.9 Å². The molecule has 3 nitrogen and oxygen atoms in total. The quantitative estimate of drug-likeness (QED) is 0.901. The van der Waals surface area contributed by atoms with Crippen molar-refractivity contribution in [2.45, 2.75) is 26.6 Å². The van der Waals surface area contributed by atoms with Crippen LogP contribution in [0.2, 0.25) is 0 Å². The second-order valence-electron chi connectivity index (χ2n) is 4.82. The van der Waals surface area contributed by atoms with Crippen molar-refractivity contribution >= 4 is 17.2 Å². The van der Waals surface area contributed by atoms with Gasteiger partial charge in [0.15, 0.2) is 0 Å². The molecule has 0 spiro atoms. The maximum atomic E-state index is 12.0. The second kappa shape index (κ2) is 5.15. The van der Waals surface area contributed by atoms with Crippen LogP contribution in [0.25, 0.3) is 0 Å². The van der Waals surface area contributed by atoms with Gasteiger partial charge in [0.25, 0.3) is 5.91 Å². The summed E-state index contributed by atoms with van der Waals surface area (Å²) in [6.45, 7) is 4.44. The Labute approximate surface area is 116 Å². The first-order valence-corrected chi connectivity index (χ1v) is 7.25. The molecule has 98 valence electrons. The Balaban J connectivity index is 1.66. The van der Waals surface area contributed by atoms with E-state index >= 15 is 0 Å². The normalized spacial score (nSPS) is 13.3. The zero-order chi connectivity index (χ0) is 13.2. The van der Waals surface area contributed by atoms with Crippen LogP contribution in [-0.4, -0.2) is 5.91 Å². The van der Waals surface area contributed by atoms with E-state index in [0.29, 0.717) is 6.54 Å². The Hall–Kier alpha value is -1.65. The van der Waals surface area contributed by atoms with Gasteiger partial charge in [-0.1, -0.05) is 18.2 Å². The zero-order valence-corrected chi connectivity index (χ0v) is 11.6. The number of fused-ring (bicyclic) bond motifs is 1. The number of benzene rings is 1. The second-order valence-corrected chi connectivity index (χ2v) is 5.74. The molecule has 0 fully saturated rings. The predicted molar refractivity (Wildman–Crippen MR) is 77.2 cm³/mol. The van der Waals surface area contributed by atoms with Gasteiger partial charge in [-0.25, -0.2) is 0 Å². The van der Waals surface area contributed by atoms with Gasteiger partial charge in [-0.05, 0) is 40.6 Å². The minimum absolute atomic E-state index is 0.0196. The molecule has 4 heteroatoms. The third kappa shape index (κ3) is 2.55. The Bertz CT molecular complexity index is 618. The molecule has 1 aliphatic rings. The molecule has 2 N–H and O–H groups in total. The topological polar surface area (TPSA) is 41.1 Å². The first kappa shape index (κ1) is 12.4. The van der Waals surface area contributed by atoms with Crippen molar-refractivity contribution in [3.8, 4) is 0 Å². The molecule has 0 saturated carbocycles. The van der Waals surface area contributed by atoms with Crippen LogP contribution < -0.4 is 10.6 Å². The molecular formula is C15H16N2OS. The molecule has 2 heterocycles. The molecule has 1 amide bonds. The van der Waals surface area contributed by atoms with Gasteiger partial charge in [0, 0.05) is 19.6 Å². The Morgan fingerprint density at radius 3 is 2.95 bits per heavy atom. The standard InChI is InChI=1S/C15H16N2OS/c1-10-4-5-19-14(10)15(18)17-7-11-2-3-12-8-16-9-13(12)6-11/h2-6,16H,7-9H2,1H3,(H,17,18). The van der Waals surface area contributed by atoms with E-state index in [1.54, 1.807) is 0 Å². The highest BCUT2D eigenvalue weighted by molar-refractivity contribution is 7.12. The third-order valence-electron chi connectivity index (χ3n) is 3.42. The molecule has 0 atom stereocenters. The van der Waals surface area contributed by atoms with Gasteiger partial charge in [0.2, 0.25) is 0 Å². The smallest absolute Gasteiger partial charge is 0.261 e. The van der Waals surface area contributed by atoms with Crippen molar-refractivity contribution in [1.82, 2.24) is 10.6 Å². The molecule has 1 aromatic carbocycles. The fourth-order valence-corrected chi connectivity index (χ4v) is 3.17. The average Bonchev–Trinajstić information content (AvgIpc) is 3.03. The van der Waals surface area contributed by atoms with E-state index in [1.165, 1.54) is 22.5 Å². The lowest BCUT2D eigenvalue weighted by Crippen LogP contribution is -2.22. The molecule has 0 saturated heterocycles. The summed E-state index contributed by atoms with van der Waals surface area (Å²) in [5.41, 5.74) is 4.91. The van der Waals surface area contributed by atoms with Crippen molar-refractivity contribution in [1.29, 1.82) is 0 Å². The molecular weight excluding hydrogens is 256 g/mol. The van der Waals surface area contributed by atoms with E-state index in [0.717, 1.165) is 29.1 Å². The van der Waals surface area contributed by atoms with E-state index in [9.17, 15) is 4.79 Å². The lowest BCUT2D eigenvalue weighted by molar-refractivity contribution is 0.0954. The molecule has 1 aromatic heterocycles. The van der Waals surface area contributed by atoms with Crippen LogP contribution in [0.3, 0.4) is 0 Å². The number of carbonyl (C=O) groups is 1. The van der Waals surface area contributed by atoms with Gasteiger partial charge >= 0.3 is 0 Å². The molecule has 0 radical (unpaired) electrons. The first-order chi connectivity index (χ1) is 9.24. The van der Waals surface area contributed by atoms with E-state index in [4.69, 9.17) is 0 Å². The average molecular weight is 272 g/mol. The lowest BCUT2D eigenvalue weighted by Gasteiger charge is -2.06. The molecule has 19 heavy (non-hydrogen) atoms. The molecule has 0 bridgehead atoms. The summed E-state index contributed by atoms with van der Waals surface area (Å²) >= 11 is 1.49. The summed E-state index contributed by atoms with van der Waals surface area (Å²) in [6.07, 6.45) is 0. The maximum absolute atomic E-state index is 12.0. The number of nitrogens with one attached hydrogen (secondary N) is 2. The van der Waals surface area contributed by atoms with Gasteiger partial charge in [-0.3, -0.25) is 4.79 Å². The van der Waals surface area contributed by atoms with Crippen LogP contribution in [0.5, 0.6) is 0 Å². The Morgan fingerprint density at radius 2 is 2.16 bits per heavy atom. The SMILES string of the molecule is Cc1ccsc1C(=O)NCc1ccc2c(c1)CNC2. The summed E-state index contributed by atoms with van der Waals surface area (Å²) < 4.78 is 0. The van der Waals surface area contributed by atoms with Crippen molar-refractivity contribution in [3.05, 3.63) is 56.8 Å². The number of rotatable bonds is 3. The maximum Gasteiger partial charge on any atom is 0.261 e. The monoisotopic (exact) mass is 272 g/mol. The van der Waals surface area contributed by atoms with Crippen LogP contribution in [0, 0.1) is 6.92 Å². The van der Waals surface area contributed by atoms with Crippen molar-refractivity contribution in [2.24, 2.45) is 0 Å². The van der Waals surface area contributed by atoms with Gasteiger partial charge < -0.3 is 10.6 Å². The lowest BCUT2D eigenvalue weighted by atomic mass is 10.1. The highest BCUT2D eigenvalue weighted by Crippen LogP contribution is 2.18. The van der Waals surface area contributed by atoms with Crippen molar-refractivity contribution in [2.75, 3.05) is 0 Å². The number of carbonyl (C=O) groups excluding carboxylic acids is 1. The van der Waals surface area contributed by atoms with Crippen LogP contribution >= 0.6 is 11.3 Å². The van der Waals surface area contributed by atoms with Crippen LogP contribution in [0.4, 0.5) is 0 Å². The largest absolute Gasteiger partial charge is 0.347 e. The number of thiophene rings is 1. The molecule has 3 rings (SSSR count). The predicted octanol–water partition coefficient (Wildman–Crippen LogP) is 2.59. The van der Waals surface area contributed by atoms with Gasteiger partial charge in [-0.15, -0.1) is 11.3 Å².